The number of nitrogens with one attached hydrogen (secondary N) is 1. The molecule has 0 aliphatic carbocycles. The van der Waals surface area contributed by atoms with Gasteiger partial charge in [-0.25, -0.2) is 4.79 Å². The van der Waals surface area contributed by atoms with Gasteiger partial charge in [0, 0.05) is 40.8 Å². The molecule has 0 saturated heterocycles. The van der Waals surface area contributed by atoms with Crippen LogP contribution >= 0.6 is 0 Å². The Kier molecular flexibility index (Phi) is 3.67. The predicted octanol–water partition coefficient (Wildman–Crippen LogP) is 2.57. The molecule has 0 spiro atoms. The van der Waals surface area contributed by atoms with Crippen molar-refractivity contribution >= 4 is 5.97 Å². The minimum Gasteiger partial charge on any atom is -0.478 e. The molecule has 0 aliphatic rings. The highest BCUT2D eigenvalue weighted by Gasteiger charge is 2.15. The maximum Gasteiger partial charge on any atom is 0.336 e. The zero-order valence-corrected chi connectivity index (χ0v) is 11.4. The molecule has 0 amide bonds. The summed E-state index contributed by atoms with van der Waals surface area (Å²) in [4.78, 5) is 15.4. The number of hydrogen-bond acceptors (Lipinski definition) is 3. The molecule has 2 N–H and O–H groups in total. The van der Waals surface area contributed by atoms with Crippen LogP contribution in [-0.2, 0) is 0 Å². The summed E-state index contributed by atoms with van der Waals surface area (Å²) < 4.78 is 0. The van der Waals surface area contributed by atoms with Gasteiger partial charge in [-0.2, -0.15) is 5.10 Å². The van der Waals surface area contributed by atoms with Crippen molar-refractivity contribution in [3.8, 4) is 23.0 Å². The average molecular weight is 289 g/mol. The van der Waals surface area contributed by atoms with Crippen molar-refractivity contribution in [2.75, 3.05) is 0 Å². The number of rotatable bonds is 2. The van der Waals surface area contributed by atoms with E-state index in [1.807, 2.05) is 0 Å². The van der Waals surface area contributed by atoms with Crippen molar-refractivity contribution in [1.82, 2.24) is 15.2 Å². The molecule has 3 rings (SSSR count). The van der Waals surface area contributed by atoms with E-state index in [0.717, 1.165) is 5.56 Å². The molecule has 3 aromatic rings. The van der Waals surface area contributed by atoms with Crippen molar-refractivity contribution in [3.05, 3.63) is 71.8 Å². The Hall–Kier alpha value is -3.39. The van der Waals surface area contributed by atoms with Crippen LogP contribution in [0, 0.1) is 11.8 Å². The summed E-state index contributed by atoms with van der Waals surface area (Å²) in [5.41, 5.74) is 2.90. The normalized spacial score (nSPS) is 9.82. The zero-order chi connectivity index (χ0) is 15.4. The number of hydrogen-bond donors (Lipinski definition) is 2. The minimum atomic E-state index is -0.997. The van der Waals surface area contributed by atoms with Crippen LogP contribution in [0.2, 0.25) is 0 Å². The molecule has 0 atom stereocenters. The van der Waals surface area contributed by atoms with Crippen molar-refractivity contribution in [2.24, 2.45) is 0 Å². The Morgan fingerprint density at radius 1 is 1.14 bits per heavy atom. The second-order valence-electron chi connectivity index (χ2n) is 4.51. The second kappa shape index (κ2) is 5.94. The topological polar surface area (TPSA) is 78.9 Å². The standard InChI is InChI=1S/C17H11N3O2/c21-17(22)15-3-1-2-13(16(15)14-10-19-20-11-14)5-4-12-6-8-18-9-7-12/h1-3,6-11H,(H,19,20)(H,21,22). The molecular weight excluding hydrogens is 278 g/mol. The zero-order valence-electron chi connectivity index (χ0n) is 11.4. The highest BCUT2D eigenvalue weighted by Crippen LogP contribution is 2.26. The molecule has 1 aromatic carbocycles. The highest BCUT2D eigenvalue weighted by atomic mass is 16.4. The lowest BCUT2D eigenvalue weighted by molar-refractivity contribution is 0.0697. The van der Waals surface area contributed by atoms with Gasteiger partial charge in [-0.05, 0) is 24.3 Å². The number of carboxylic acid groups (broad SMARTS) is 1. The lowest BCUT2D eigenvalue weighted by Gasteiger charge is -2.06. The van der Waals surface area contributed by atoms with Crippen LogP contribution in [-0.4, -0.2) is 26.3 Å². The van der Waals surface area contributed by atoms with Gasteiger partial charge in [0.2, 0.25) is 0 Å². The van der Waals surface area contributed by atoms with Gasteiger partial charge in [0.15, 0.2) is 0 Å². The van der Waals surface area contributed by atoms with Crippen LogP contribution in [0.4, 0.5) is 0 Å². The fourth-order valence-corrected chi connectivity index (χ4v) is 2.11. The van der Waals surface area contributed by atoms with E-state index in [0.29, 0.717) is 16.7 Å². The molecule has 0 fully saturated rings. The van der Waals surface area contributed by atoms with Crippen LogP contribution in [0.15, 0.2) is 55.1 Å². The number of benzene rings is 1. The summed E-state index contributed by atoms with van der Waals surface area (Å²) >= 11 is 0. The summed E-state index contributed by atoms with van der Waals surface area (Å²) in [5.74, 6) is 5.05. The average Bonchev–Trinajstić information content (AvgIpc) is 3.07. The third-order valence-corrected chi connectivity index (χ3v) is 3.10. The molecule has 2 aromatic heterocycles. The Balaban J connectivity index is 2.15. The first-order valence-corrected chi connectivity index (χ1v) is 6.53. The third-order valence-electron chi connectivity index (χ3n) is 3.10. The molecule has 5 nitrogen and oxygen atoms in total. The first-order chi connectivity index (χ1) is 10.8. The van der Waals surface area contributed by atoms with Crippen LogP contribution in [0.5, 0.6) is 0 Å². The van der Waals surface area contributed by atoms with Gasteiger partial charge >= 0.3 is 5.97 Å². The quantitative estimate of drug-likeness (QED) is 0.711. The van der Waals surface area contributed by atoms with E-state index < -0.39 is 5.97 Å². The number of aromatic nitrogens is 3. The van der Waals surface area contributed by atoms with Crippen molar-refractivity contribution in [2.45, 2.75) is 0 Å². The van der Waals surface area contributed by atoms with Gasteiger partial charge < -0.3 is 5.11 Å². The monoisotopic (exact) mass is 289 g/mol. The van der Waals surface area contributed by atoms with Gasteiger partial charge in [0.05, 0.1) is 11.8 Å². The third kappa shape index (κ3) is 2.72. The minimum absolute atomic E-state index is 0.197. The Bertz CT molecular complexity index is 860. The van der Waals surface area contributed by atoms with Gasteiger partial charge in [-0.3, -0.25) is 10.1 Å². The number of nitrogens with zero attached hydrogens (tertiary/aromatic N) is 2. The van der Waals surface area contributed by atoms with Crippen LogP contribution < -0.4 is 0 Å². The lowest BCUT2D eigenvalue weighted by Crippen LogP contribution is -2.01. The number of aromatic carboxylic acids is 1. The van der Waals surface area contributed by atoms with E-state index in [9.17, 15) is 9.90 Å². The first kappa shape index (κ1) is 13.6. The predicted molar refractivity (Wildman–Crippen MR) is 81.2 cm³/mol. The van der Waals surface area contributed by atoms with E-state index in [2.05, 4.69) is 27.0 Å². The SMILES string of the molecule is O=C(O)c1cccc(C#Cc2ccncc2)c1-c1cn[nH]c1. The molecule has 0 aliphatic heterocycles. The van der Waals surface area contributed by atoms with Gasteiger partial charge in [0.1, 0.15) is 0 Å². The van der Waals surface area contributed by atoms with E-state index in [-0.39, 0.29) is 5.56 Å². The summed E-state index contributed by atoms with van der Waals surface area (Å²) in [7, 11) is 0. The first-order valence-electron chi connectivity index (χ1n) is 6.53. The summed E-state index contributed by atoms with van der Waals surface area (Å²) in [6, 6.07) is 8.63. The summed E-state index contributed by atoms with van der Waals surface area (Å²) in [6.07, 6.45) is 6.56. The fraction of sp³-hybridized carbons (Fsp3) is 0. The van der Waals surface area contributed by atoms with E-state index in [4.69, 9.17) is 0 Å². The lowest BCUT2D eigenvalue weighted by atomic mass is 9.96. The fourth-order valence-electron chi connectivity index (χ4n) is 2.11. The highest BCUT2D eigenvalue weighted by molar-refractivity contribution is 5.97. The Morgan fingerprint density at radius 2 is 1.95 bits per heavy atom. The number of carboxylic acids is 1. The molecule has 2 heterocycles. The molecule has 0 radical (unpaired) electrons. The number of pyridine rings is 1. The van der Waals surface area contributed by atoms with E-state index in [1.165, 1.54) is 0 Å². The maximum atomic E-state index is 11.5. The van der Waals surface area contributed by atoms with Crippen molar-refractivity contribution in [3.63, 3.8) is 0 Å². The number of carbonyl (C=O) groups is 1. The van der Waals surface area contributed by atoms with Crippen molar-refractivity contribution < 1.29 is 9.90 Å². The van der Waals surface area contributed by atoms with Crippen molar-refractivity contribution in [1.29, 1.82) is 0 Å². The van der Waals surface area contributed by atoms with Gasteiger partial charge in [0.25, 0.3) is 0 Å². The van der Waals surface area contributed by atoms with Crippen LogP contribution in [0.25, 0.3) is 11.1 Å². The summed E-state index contributed by atoms with van der Waals surface area (Å²) in [6.45, 7) is 0. The summed E-state index contributed by atoms with van der Waals surface area (Å²) in [5, 5.41) is 16.0. The van der Waals surface area contributed by atoms with E-state index in [1.54, 1.807) is 55.1 Å². The van der Waals surface area contributed by atoms with Gasteiger partial charge in [-0.1, -0.05) is 17.9 Å². The number of aromatic amines is 1. The van der Waals surface area contributed by atoms with E-state index >= 15 is 0 Å². The van der Waals surface area contributed by atoms with Gasteiger partial charge in [-0.15, -0.1) is 0 Å². The second-order valence-corrected chi connectivity index (χ2v) is 4.51. The molecule has 0 unspecified atom stereocenters. The maximum absolute atomic E-state index is 11.5. The van der Waals surface area contributed by atoms with Crippen LogP contribution in [0.3, 0.4) is 0 Å². The van der Waals surface area contributed by atoms with Crippen LogP contribution in [0.1, 0.15) is 21.5 Å². The molecule has 22 heavy (non-hydrogen) atoms. The Morgan fingerprint density at radius 3 is 2.64 bits per heavy atom. The molecular formula is C17H11N3O2. The largest absolute Gasteiger partial charge is 0.478 e. The Labute approximate surface area is 126 Å². The molecule has 106 valence electrons. The molecule has 0 bridgehead atoms. The molecule has 5 heteroatoms. The number of H-pyrrole nitrogens is 1. The smallest absolute Gasteiger partial charge is 0.336 e. The molecule has 0 saturated carbocycles.